The van der Waals surface area contributed by atoms with Gasteiger partial charge in [0.1, 0.15) is 24.0 Å². The molecule has 5 heterocycles. The molecule has 78 heavy (non-hydrogen) atoms. The minimum atomic E-state index is -0.868. The topological polar surface area (TPSA) is 219 Å². The second kappa shape index (κ2) is 30.6. The number of carbonyl (C=O) groups excluding carboxylic acids is 5. The van der Waals surface area contributed by atoms with E-state index in [4.69, 9.17) is 37.8 Å². The Kier molecular flexibility index (Phi) is 23.3. The van der Waals surface area contributed by atoms with Crippen molar-refractivity contribution in [2.75, 3.05) is 146 Å². The summed E-state index contributed by atoms with van der Waals surface area (Å²) in [6, 6.07) is 17.3. The molecule has 0 spiro atoms. The van der Waals surface area contributed by atoms with Gasteiger partial charge >= 0.3 is 6.09 Å². The number of hydrogen-bond acceptors (Lipinski definition) is 16. The molecule has 0 saturated carbocycles. The number of amides is 5. The van der Waals surface area contributed by atoms with Crippen molar-refractivity contribution in [1.29, 1.82) is 0 Å². The number of oxazole rings is 1. The van der Waals surface area contributed by atoms with Crippen LogP contribution in [-0.2, 0) is 60.8 Å². The summed E-state index contributed by atoms with van der Waals surface area (Å²) in [5, 5.41) is 8.03. The Bertz CT molecular complexity index is 2560. The van der Waals surface area contributed by atoms with Crippen LogP contribution in [0.1, 0.15) is 69.6 Å². The van der Waals surface area contributed by atoms with Crippen LogP contribution < -0.4 is 30.7 Å². The first-order valence-electron chi connectivity index (χ1n) is 27.4. The average molecular weight is 1090 g/mol. The van der Waals surface area contributed by atoms with Crippen molar-refractivity contribution >= 4 is 58.2 Å². The lowest BCUT2D eigenvalue weighted by Gasteiger charge is -2.39. The molecule has 426 valence electrons. The second-order valence-corrected chi connectivity index (χ2v) is 19.5. The molecule has 3 saturated heterocycles. The van der Waals surface area contributed by atoms with Crippen LogP contribution in [-0.4, -0.2) is 188 Å². The molecule has 4 aliphatic rings. The Labute approximate surface area is 456 Å². The van der Waals surface area contributed by atoms with E-state index in [1.54, 1.807) is 34.9 Å². The molecule has 0 bridgehead atoms. The standard InChI is InChI=1S/C53H70FN9O12.C3H8/c1-3-69-24-25-72-28-29-73-27-26-70-21-13-50(66)60-17-15-59(16-18-60)35-49(65)55-33-48(64)57-37(2)51(67)56-32-38-4-6-39(7-5-38)36-74-53(68)63-45-12-14-62(34-43(45)42-10-8-40(54)30-46(42)63)41-9-11-44-47(31-41)75-52(58-44)61-19-22-71-23-20-61;1-3-2/h4-11,30-31,37,43,45H,3,12-29,32-36H2,1-2H3,(H,55,65)(H,56,67)(H,57,64);3H2,1-2H3. The van der Waals surface area contributed by atoms with Crippen molar-refractivity contribution in [2.24, 2.45) is 0 Å². The van der Waals surface area contributed by atoms with Gasteiger partial charge in [-0.25, -0.2) is 9.18 Å². The van der Waals surface area contributed by atoms with Crippen LogP contribution in [0, 0.1) is 5.82 Å². The lowest BCUT2D eigenvalue weighted by atomic mass is 9.89. The Morgan fingerprint density at radius 2 is 1.44 bits per heavy atom. The van der Waals surface area contributed by atoms with Crippen LogP contribution in [0.5, 0.6) is 0 Å². The smallest absolute Gasteiger partial charge is 0.414 e. The number of benzene rings is 3. The van der Waals surface area contributed by atoms with Crippen molar-refractivity contribution in [2.45, 2.75) is 78.1 Å². The summed E-state index contributed by atoms with van der Waals surface area (Å²) < 4.78 is 53.8. The third kappa shape index (κ3) is 17.3. The highest BCUT2D eigenvalue weighted by atomic mass is 19.1. The van der Waals surface area contributed by atoms with Crippen LogP contribution in [0.2, 0.25) is 0 Å². The summed E-state index contributed by atoms with van der Waals surface area (Å²) in [7, 11) is 0. The van der Waals surface area contributed by atoms with Crippen LogP contribution in [0.4, 0.5) is 26.6 Å². The second-order valence-electron chi connectivity index (χ2n) is 19.5. The van der Waals surface area contributed by atoms with Gasteiger partial charge in [0.15, 0.2) is 5.58 Å². The third-order valence-electron chi connectivity index (χ3n) is 13.7. The highest BCUT2D eigenvalue weighted by Gasteiger charge is 2.45. The zero-order valence-corrected chi connectivity index (χ0v) is 45.6. The largest absolute Gasteiger partial charge is 0.444 e. The van der Waals surface area contributed by atoms with Crippen molar-refractivity contribution in [3.05, 3.63) is 83.2 Å². The fourth-order valence-electron chi connectivity index (χ4n) is 9.61. The first-order valence-corrected chi connectivity index (χ1v) is 27.4. The fraction of sp³-hybridized carbons (Fsp3) is 0.571. The molecule has 3 aromatic carbocycles. The number of carbonyl (C=O) groups is 5. The van der Waals surface area contributed by atoms with Crippen LogP contribution in [0.3, 0.4) is 0 Å². The number of hydrogen-bond donors (Lipinski definition) is 3. The van der Waals surface area contributed by atoms with E-state index < -0.39 is 29.8 Å². The van der Waals surface area contributed by atoms with E-state index in [9.17, 15) is 28.4 Å². The molecule has 3 unspecified atom stereocenters. The summed E-state index contributed by atoms with van der Waals surface area (Å²) >= 11 is 0. The number of halogens is 1. The van der Waals surface area contributed by atoms with Gasteiger partial charge in [-0.1, -0.05) is 50.6 Å². The van der Waals surface area contributed by atoms with Gasteiger partial charge in [-0.15, -0.1) is 0 Å². The van der Waals surface area contributed by atoms with Crippen molar-refractivity contribution in [3.63, 3.8) is 0 Å². The number of fused-ring (bicyclic) bond motifs is 4. The zero-order chi connectivity index (χ0) is 55.2. The predicted octanol–water partition coefficient (Wildman–Crippen LogP) is 4.60. The predicted molar refractivity (Wildman–Crippen MR) is 291 cm³/mol. The molecule has 4 aliphatic heterocycles. The number of piperidine rings is 1. The highest BCUT2D eigenvalue weighted by molar-refractivity contribution is 5.93. The van der Waals surface area contributed by atoms with Gasteiger partial charge < -0.3 is 63.5 Å². The summed E-state index contributed by atoms with van der Waals surface area (Å²) in [4.78, 5) is 79.0. The first-order chi connectivity index (χ1) is 37.9. The van der Waals surface area contributed by atoms with Gasteiger partial charge in [-0.2, -0.15) is 4.98 Å². The summed E-state index contributed by atoms with van der Waals surface area (Å²) in [6.07, 6.45) is 1.59. The minimum absolute atomic E-state index is 0.0127. The van der Waals surface area contributed by atoms with Crippen LogP contribution >= 0.6 is 0 Å². The lowest BCUT2D eigenvalue weighted by Crippen LogP contribution is -2.52. The molecule has 1 aromatic heterocycles. The van der Waals surface area contributed by atoms with E-state index in [0.717, 1.165) is 41.0 Å². The van der Waals surface area contributed by atoms with Crippen LogP contribution in [0.25, 0.3) is 11.1 Å². The van der Waals surface area contributed by atoms with Crippen molar-refractivity contribution in [1.82, 2.24) is 30.7 Å². The maximum absolute atomic E-state index is 14.7. The number of morpholine rings is 1. The molecule has 0 radical (unpaired) electrons. The Balaban J connectivity index is 0.00000287. The maximum Gasteiger partial charge on any atom is 0.414 e. The van der Waals surface area contributed by atoms with Crippen LogP contribution in [0.15, 0.2) is 65.1 Å². The number of piperazine rings is 1. The number of nitrogens with one attached hydrogen (secondary N) is 3. The normalized spacial score (nSPS) is 17.7. The van der Waals surface area contributed by atoms with Crippen molar-refractivity contribution in [3.8, 4) is 0 Å². The van der Waals surface area contributed by atoms with E-state index in [2.05, 4.69) is 39.6 Å². The Morgan fingerprint density at radius 3 is 2.14 bits per heavy atom. The number of anilines is 3. The lowest BCUT2D eigenvalue weighted by molar-refractivity contribution is -0.134. The van der Waals surface area contributed by atoms with Gasteiger partial charge in [0.05, 0.1) is 90.7 Å². The monoisotopic (exact) mass is 1090 g/mol. The van der Waals surface area contributed by atoms with Crippen molar-refractivity contribution < 1.29 is 61.2 Å². The SMILES string of the molecule is CCC.CCOCCOCCOCCOCCC(=O)N1CCN(CC(=O)NCC(=O)NC(C)C(=O)NCc2ccc(COC(=O)N3c4cc(F)ccc4C4CN(c5ccc6nc(N7CCOCC7)oc6c5)CCC43)cc2)CC1. The van der Waals surface area contributed by atoms with E-state index in [-0.39, 0.29) is 56.4 Å². The molecule has 8 rings (SSSR count). The molecule has 5 amide bonds. The molecule has 3 N–H and O–H groups in total. The first kappa shape index (κ1) is 59.2. The molecule has 21 nitrogen and oxygen atoms in total. The fourth-order valence-corrected chi connectivity index (χ4v) is 9.61. The van der Waals surface area contributed by atoms with E-state index in [1.165, 1.54) is 18.6 Å². The maximum atomic E-state index is 14.7. The Hall–Kier alpha value is -6.43. The molecule has 3 atom stereocenters. The number of rotatable bonds is 25. The molecule has 4 aromatic rings. The minimum Gasteiger partial charge on any atom is -0.444 e. The average Bonchev–Trinajstić information content (AvgIpc) is 4.12. The van der Waals surface area contributed by atoms with E-state index >= 15 is 0 Å². The molecule has 3 fully saturated rings. The zero-order valence-electron chi connectivity index (χ0n) is 45.6. The molecular weight excluding hydrogens is 1010 g/mol. The molecule has 22 heteroatoms. The Morgan fingerprint density at radius 1 is 0.756 bits per heavy atom. The summed E-state index contributed by atoms with van der Waals surface area (Å²) in [5.74, 6) is -1.79. The van der Waals surface area contributed by atoms with Gasteiger partial charge in [-0.3, -0.25) is 29.0 Å². The van der Waals surface area contributed by atoms with Gasteiger partial charge in [0.25, 0.3) is 6.01 Å². The number of ether oxygens (including phenoxy) is 6. The summed E-state index contributed by atoms with van der Waals surface area (Å²) in [5.41, 5.74) is 5.38. The summed E-state index contributed by atoms with van der Waals surface area (Å²) in [6.45, 7) is 17.4. The number of nitrogens with zero attached hydrogens (tertiary/aromatic N) is 6. The van der Waals surface area contributed by atoms with E-state index in [1.807, 2.05) is 42.2 Å². The van der Waals surface area contributed by atoms with Gasteiger partial charge in [-0.05, 0) is 61.2 Å². The van der Waals surface area contributed by atoms with Gasteiger partial charge in [0.2, 0.25) is 23.6 Å². The molecular formula is C56H78FN9O12. The quantitative estimate of drug-likeness (QED) is 0.0773. The van der Waals surface area contributed by atoms with Gasteiger partial charge in [0, 0.05) is 83.2 Å². The third-order valence-corrected chi connectivity index (χ3v) is 13.7. The molecule has 0 aliphatic carbocycles. The highest BCUT2D eigenvalue weighted by Crippen LogP contribution is 2.46. The number of aromatic nitrogens is 1. The van der Waals surface area contributed by atoms with E-state index in [0.29, 0.717) is 129 Å².